The fourth-order valence-corrected chi connectivity index (χ4v) is 2.77. The fraction of sp³-hybridized carbons (Fsp3) is 0.462. The van der Waals surface area contributed by atoms with E-state index in [9.17, 15) is 17.6 Å². The molecule has 0 saturated carbocycles. The third-order valence-electron chi connectivity index (χ3n) is 3.38. The summed E-state index contributed by atoms with van der Waals surface area (Å²) in [7, 11) is -3.92. The van der Waals surface area contributed by atoms with Crippen LogP contribution in [0.25, 0.3) is 0 Å². The summed E-state index contributed by atoms with van der Waals surface area (Å²) in [5.41, 5.74) is 0.150. The predicted molar refractivity (Wildman–Crippen MR) is 76.7 cm³/mol. The van der Waals surface area contributed by atoms with Crippen LogP contribution in [0.4, 0.5) is 10.1 Å². The number of hydrogen-bond acceptors (Lipinski definition) is 4. The highest BCUT2D eigenvalue weighted by Gasteiger charge is 2.17. The molecule has 0 aromatic heterocycles. The molecule has 3 N–H and O–H groups in total. The van der Waals surface area contributed by atoms with E-state index in [2.05, 4.69) is 5.32 Å². The van der Waals surface area contributed by atoms with E-state index in [-0.39, 0.29) is 22.9 Å². The molecule has 116 valence electrons. The van der Waals surface area contributed by atoms with E-state index in [0.717, 1.165) is 32.0 Å². The number of nitrogens with zero attached hydrogens (tertiary/aromatic N) is 1. The van der Waals surface area contributed by atoms with Crippen LogP contribution in [-0.4, -0.2) is 38.9 Å². The van der Waals surface area contributed by atoms with Crippen molar-refractivity contribution in [3.05, 3.63) is 24.0 Å². The number of nitrogens with two attached hydrogens (primary N) is 1. The summed E-state index contributed by atoms with van der Waals surface area (Å²) in [5.74, 6) is -0.670. The Morgan fingerprint density at radius 2 is 2.00 bits per heavy atom. The first kappa shape index (κ1) is 15.7. The number of anilines is 1. The lowest BCUT2D eigenvalue weighted by Crippen LogP contribution is -2.29. The molecule has 21 heavy (non-hydrogen) atoms. The van der Waals surface area contributed by atoms with E-state index < -0.39 is 15.8 Å². The second-order valence-corrected chi connectivity index (χ2v) is 6.51. The van der Waals surface area contributed by atoms with E-state index in [4.69, 9.17) is 5.14 Å². The number of hydrogen-bond donors (Lipinski definition) is 2. The Morgan fingerprint density at radius 1 is 1.33 bits per heavy atom. The third-order valence-corrected chi connectivity index (χ3v) is 4.29. The molecular weight excluding hydrogens is 297 g/mol. The van der Waals surface area contributed by atoms with Crippen molar-refractivity contribution >= 4 is 21.6 Å². The number of halogens is 1. The van der Waals surface area contributed by atoms with Crippen molar-refractivity contribution < 1.29 is 17.6 Å². The van der Waals surface area contributed by atoms with E-state index >= 15 is 0 Å². The molecule has 0 aliphatic carbocycles. The van der Waals surface area contributed by atoms with Crippen molar-refractivity contribution in [1.82, 2.24) is 4.90 Å². The maximum absolute atomic E-state index is 13.7. The van der Waals surface area contributed by atoms with Crippen molar-refractivity contribution in [2.75, 3.05) is 25.0 Å². The van der Waals surface area contributed by atoms with Gasteiger partial charge in [0, 0.05) is 26.1 Å². The van der Waals surface area contributed by atoms with Crippen LogP contribution in [-0.2, 0) is 14.8 Å². The Balaban J connectivity index is 1.90. The van der Waals surface area contributed by atoms with Gasteiger partial charge in [-0.3, -0.25) is 4.79 Å². The van der Waals surface area contributed by atoms with Crippen LogP contribution in [0.3, 0.4) is 0 Å². The molecule has 0 bridgehead atoms. The molecule has 0 radical (unpaired) electrons. The first-order valence-corrected chi connectivity index (χ1v) is 8.26. The quantitative estimate of drug-likeness (QED) is 0.844. The third kappa shape index (κ3) is 4.15. The number of likely N-dealkylation sites (tertiary alicyclic amines) is 1. The maximum atomic E-state index is 13.7. The number of sulfonamides is 1. The van der Waals surface area contributed by atoms with Crippen molar-refractivity contribution in [1.29, 1.82) is 0 Å². The predicted octanol–water partition coefficient (Wildman–Crippen LogP) is 0.897. The number of benzene rings is 1. The molecule has 1 saturated heterocycles. The fourth-order valence-electron chi connectivity index (χ4n) is 2.24. The highest BCUT2D eigenvalue weighted by atomic mass is 32.2. The number of nitrogens with one attached hydrogen (secondary N) is 1. The van der Waals surface area contributed by atoms with E-state index in [1.54, 1.807) is 4.90 Å². The van der Waals surface area contributed by atoms with Gasteiger partial charge in [-0.1, -0.05) is 0 Å². The van der Waals surface area contributed by atoms with Gasteiger partial charge >= 0.3 is 0 Å². The minimum absolute atomic E-state index is 0.0431. The summed E-state index contributed by atoms with van der Waals surface area (Å²) in [5, 5.41) is 7.71. The van der Waals surface area contributed by atoms with Crippen molar-refractivity contribution in [2.24, 2.45) is 5.14 Å². The largest absolute Gasteiger partial charge is 0.382 e. The molecule has 0 atom stereocenters. The number of carbonyl (C=O) groups is 1. The van der Waals surface area contributed by atoms with E-state index in [0.29, 0.717) is 6.54 Å². The van der Waals surface area contributed by atoms with Crippen LogP contribution in [0.1, 0.15) is 19.3 Å². The van der Waals surface area contributed by atoms with Crippen molar-refractivity contribution in [3.8, 4) is 0 Å². The Morgan fingerprint density at radius 3 is 2.57 bits per heavy atom. The lowest BCUT2D eigenvalue weighted by atomic mass is 10.3. The molecule has 1 aromatic rings. The molecule has 0 unspecified atom stereocenters. The standard InChI is InChI=1S/C13H18FN3O3S/c14-11-9-10(21(15,19)20)3-4-12(11)16-6-5-13(18)17-7-1-2-8-17/h3-4,9,16H,1-2,5-8H2,(H2,15,19,20). The van der Waals surface area contributed by atoms with Gasteiger partial charge in [-0.15, -0.1) is 0 Å². The zero-order valence-electron chi connectivity index (χ0n) is 11.5. The van der Waals surface area contributed by atoms with Gasteiger partial charge < -0.3 is 10.2 Å². The molecule has 1 heterocycles. The van der Waals surface area contributed by atoms with Gasteiger partial charge in [0.25, 0.3) is 0 Å². The number of rotatable bonds is 5. The second-order valence-electron chi connectivity index (χ2n) is 4.95. The maximum Gasteiger partial charge on any atom is 0.238 e. The van der Waals surface area contributed by atoms with Crippen LogP contribution >= 0.6 is 0 Å². The van der Waals surface area contributed by atoms with Crippen LogP contribution in [0.2, 0.25) is 0 Å². The van der Waals surface area contributed by atoms with E-state index in [1.165, 1.54) is 12.1 Å². The minimum Gasteiger partial charge on any atom is -0.382 e. The first-order chi connectivity index (χ1) is 9.88. The van der Waals surface area contributed by atoms with Crippen molar-refractivity contribution in [3.63, 3.8) is 0 Å². The average Bonchev–Trinajstić information content (AvgIpc) is 2.93. The minimum atomic E-state index is -3.92. The smallest absolute Gasteiger partial charge is 0.238 e. The molecule has 1 aliphatic rings. The number of primary sulfonamides is 1. The summed E-state index contributed by atoms with van der Waals surface area (Å²) in [4.78, 5) is 13.3. The van der Waals surface area contributed by atoms with Gasteiger partial charge in [-0.25, -0.2) is 17.9 Å². The molecule has 1 amide bonds. The van der Waals surface area contributed by atoms with E-state index in [1.807, 2.05) is 0 Å². The van der Waals surface area contributed by atoms with Gasteiger partial charge in [-0.2, -0.15) is 0 Å². The normalized spacial score (nSPS) is 15.2. The second kappa shape index (κ2) is 6.40. The summed E-state index contributed by atoms with van der Waals surface area (Å²) >= 11 is 0. The number of amides is 1. The van der Waals surface area contributed by atoms with Crippen LogP contribution in [0.5, 0.6) is 0 Å². The molecule has 2 rings (SSSR count). The van der Waals surface area contributed by atoms with Gasteiger partial charge in [-0.05, 0) is 31.0 Å². The van der Waals surface area contributed by atoms with Gasteiger partial charge in [0.05, 0.1) is 10.6 Å². The topological polar surface area (TPSA) is 92.5 Å². The van der Waals surface area contributed by atoms with Crippen LogP contribution < -0.4 is 10.5 Å². The van der Waals surface area contributed by atoms with Gasteiger partial charge in [0.2, 0.25) is 15.9 Å². The van der Waals surface area contributed by atoms with Gasteiger partial charge in [0.1, 0.15) is 5.82 Å². The highest BCUT2D eigenvalue weighted by Crippen LogP contribution is 2.18. The molecule has 8 heteroatoms. The SMILES string of the molecule is NS(=O)(=O)c1ccc(NCCC(=O)N2CCCC2)c(F)c1. The summed E-state index contributed by atoms with van der Waals surface area (Å²) < 4.78 is 35.9. The lowest BCUT2D eigenvalue weighted by molar-refractivity contribution is -0.129. The lowest BCUT2D eigenvalue weighted by Gasteiger charge is -2.15. The molecule has 1 aromatic carbocycles. The number of carbonyl (C=O) groups excluding carboxylic acids is 1. The Labute approximate surface area is 123 Å². The highest BCUT2D eigenvalue weighted by molar-refractivity contribution is 7.89. The van der Waals surface area contributed by atoms with Crippen LogP contribution in [0.15, 0.2) is 23.1 Å². The zero-order valence-corrected chi connectivity index (χ0v) is 12.3. The Bertz CT molecular complexity index is 628. The molecule has 6 nitrogen and oxygen atoms in total. The first-order valence-electron chi connectivity index (χ1n) is 6.72. The molecule has 0 spiro atoms. The molecule has 1 aliphatic heterocycles. The molecular formula is C13H18FN3O3S. The Hall–Kier alpha value is -1.67. The molecule has 1 fully saturated rings. The summed E-state index contributed by atoms with van der Waals surface area (Å²) in [6.45, 7) is 1.87. The average molecular weight is 315 g/mol. The zero-order chi connectivity index (χ0) is 15.5. The summed E-state index contributed by atoms with van der Waals surface area (Å²) in [6.07, 6.45) is 2.34. The monoisotopic (exact) mass is 315 g/mol. The van der Waals surface area contributed by atoms with Crippen LogP contribution in [0, 0.1) is 5.82 Å². The summed E-state index contributed by atoms with van der Waals surface area (Å²) in [6, 6.07) is 3.39. The van der Waals surface area contributed by atoms with Crippen molar-refractivity contribution in [2.45, 2.75) is 24.2 Å². The Kier molecular flexibility index (Phi) is 4.79. The van der Waals surface area contributed by atoms with Gasteiger partial charge in [0.15, 0.2) is 0 Å².